The van der Waals surface area contributed by atoms with Crippen molar-refractivity contribution in [1.29, 1.82) is 0 Å². The van der Waals surface area contributed by atoms with Crippen molar-refractivity contribution < 1.29 is 9.47 Å². The molecule has 8 nitrogen and oxygen atoms in total. The van der Waals surface area contributed by atoms with Gasteiger partial charge in [0.15, 0.2) is 0 Å². The van der Waals surface area contributed by atoms with E-state index in [2.05, 4.69) is 19.9 Å². The lowest BCUT2D eigenvalue weighted by Gasteiger charge is -2.38. The molecule has 29 heavy (non-hydrogen) atoms. The molecular formula is C21H26N6O2. The van der Waals surface area contributed by atoms with Crippen LogP contribution in [0.25, 0.3) is 11.1 Å². The SMILES string of the molecule is COc1cc(N2CCN(c3cc(OC)c(N)cc3-c3cnn(C)c3)CC2)ccn1. The Kier molecular flexibility index (Phi) is 5.16. The standard InChI is InChI=1S/C21H26N6O2/c1-25-14-15(13-24-25)17-11-18(22)20(28-2)12-19(17)27-8-6-26(7-9-27)16-4-5-23-21(10-16)29-3/h4-5,10-14H,6-9,22H2,1-3H3. The zero-order chi connectivity index (χ0) is 20.4. The second-order valence-corrected chi connectivity index (χ2v) is 7.04. The van der Waals surface area contributed by atoms with Crippen LogP contribution in [0.15, 0.2) is 42.9 Å². The fourth-order valence-corrected chi connectivity index (χ4v) is 3.73. The van der Waals surface area contributed by atoms with E-state index in [1.165, 1.54) is 0 Å². The fraction of sp³-hybridized carbons (Fsp3) is 0.333. The van der Waals surface area contributed by atoms with Crippen molar-refractivity contribution in [1.82, 2.24) is 14.8 Å². The van der Waals surface area contributed by atoms with Crippen LogP contribution >= 0.6 is 0 Å². The molecule has 1 aromatic carbocycles. The number of hydrogen-bond acceptors (Lipinski definition) is 7. The number of nitrogens with two attached hydrogens (primary N) is 1. The normalized spacial score (nSPS) is 14.2. The van der Waals surface area contributed by atoms with Crippen LogP contribution in [-0.4, -0.2) is 55.2 Å². The molecule has 0 amide bonds. The van der Waals surface area contributed by atoms with Gasteiger partial charge < -0.3 is 25.0 Å². The Morgan fingerprint density at radius 3 is 2.41 bits per heavy atom. The number of benzene rings is 1. The van der Waals surface area contributed by atoms with Crippen molar-refractivity contribution in [2.45, 2.75) is 0 Å². The average Bonchev–Trinajstić information content (AvgIpc) is 3.20. The van der Waals surface area contributed by atoms with Gasteiger partial charge >= 0.3 is 0 Å². The number of methoxy groups -OCH3 is 2. The summed E-state index contributed by atoms with van der Waals surface area (Å²) in [4.78, 5) is 8.92. The molecule has 1 aliphatic heterocycles. The second kappa shape index (κ2) is 7.90. The number of nitrogen functional groups attached to an aromatic ring is 1. The summed E-state index contributed by atoms with van der Waals surface area (Å²) in [5.41, 5.74) is 11.2. The molecule has 0 atom stereocenters. The zero-order valence-corrected chi connectivity index (χ0v) is 17.0. The van der Waals surface area contributed by atoms with Crippen LogP contribution in [0.1, 0.15) is 0 Å². The first-order valence-corrected chi connectivity index (χ1v) is 9.55. The van der Waals surface area contributed by atoms with Gasteiger partial charge in [-0.1, -0.05) is 0 Å². The maximum absolute atomic E-state index is 6.20. The second-order valence-electron chi connectivity index (χ2n) is 7.04. The first-order valence-electron chi connectivity index (χ1n) is 9.55. The average molecular weight is 394 g/mol. The molecule has 1 aliphatic rings. The summed E-state index contributed by atoms with van der Waals surface area (Å²) < 4.78 is 12.5. The van der Waals surface area contributed by atoms with Crippen LogP contribution in [0, 0.1) is 0 Å². The van der Waals surface area contributed by atoms with Crippen molar-refractivity contribution in [2.75, 3.05) is 55.9 Å². The van der Waals surface area contributed by atoms with E-state index in [1.54, 1.807) is 25.1 Å². The molecule has 3 heterocycles. The molecule has 1 saturated heterocycles. The van der Waals surface area contributed by atoms with E-state index in [-0.39, 0.29) is 0 Å². The van der Waals surface area contributed by atoms with E-state index in [0.29, 0.717) is 17.3 Å². The molecule has 4 rings (SSSR count). The Labute approximate surface area is 170 Å². The third-order valence-corrected chi connectivity index (χ3v) is 5.28. The third kappa shape index (κ3) is 3.78. The zero-order valence-electron chi connectivity index (χ0n) is 17.0. The first kappa shape index (κ1) is 18.9. The minimum atomic E-state index is 0.623. The summed E-state index contributed by atoms with van der Waals surface area (Å²) in [6, 6.07) is 8.00. The number of ether oxygens (including phenoxy) is 2. The van der Waals surface area contributed by atoms with Crippen LogP contribution in [0.3, 0.4) is 0 Å². The molecule has 3 aromatic rings. The third-order valence-electron chi connectivity index (χ3n) is 5.28. The van der Waals surface area contributed by atoms with Crippen LogP contribution in [-0.2, 0) is 7.05 Å². The first-order chi connectivity index (χ1) is 14.1. The van der Waals surface area contributed by atoms with Gasteiger partial charge in [0.1, 0.15) is 5.75 Å². The molecule has 8 heteroatoms. The van der Waals surface area contributed by atoms with Gasteiger partial charge in [-0.05, 0) is 12.1 Å². The predicted octanol–water partition coefficient (Wildman–Crippen LogP) is 2.41. The summed E-state index contributed by atoms with van der Waals surface area (Å²) in [5, 5.41) is 4.32. The summed E-state index contributed by atoms with van der Waals surface area (Å²) in [7, 11) is 5.20. The van der Waals surface area contributed by atoms with Gasteiger partial charge in [-0.2, -0.15) is 5.10 Å². The highest BCUT2D eigenvalue weighted by Crippen LogP contribution is 2.38. The van der Waals surface area contributed by atoms with Crippen molar-refractivity contribution >= 4 is 17.1 Å². The highest BCUT2D eigenvalue weighted by atomic mass is 16.5. The number of anilines is 3. The lowest BCUT2D eigenvalue weighted by Crippen LogP contribution is -2.46. The molecule has 0 radical (unpaired) electrons. The molecule has 152 valence electrons. The minimum Gasteiger partial charge on any atom is -0.495 e. The number of aromatic nitrogens is 3. The highest BCUT2D eigenvalue weighted by molar-refractivity contribution is 5.83. The van der Waals surface area contributed by atoms with Crippen molar-refractivity contribution in [3.05, 3.63) is 42.9 Å². The van der Waals surface area contributed by atoms with Crippen LogP contribution in [0.2, 0.25) is 0 Å². The van der Waals surface area contributed by atoms with Gasteiger partial charge in [0.2, 0.25) is 5.88 Å². The molecule has 0 bridgehead atoms. The van der Waals surface area contributed by atoms with E-state index in [9.17, 15) is 0 Å². The van der Waals surface area contributed by atoms with E-state index in [0.717, 1.165) is 48.7 Å². The Bertz CT molecular complexity index is 995. The Balaban J connectivity index is 1.60. The molecule has 0 unspecified atom stereocenters. The lowest BCUT2D eigenvalue weighted by molar-refractivity contribution is 0.398. The smallest absolute Gasteiger partial charge is 0.214 e. The molecule has 2 N–H and O–H groups in total. The van der Waals surface area contributed by atoms with Crippen LogP contribution in [0.4, 0.5) is 17.1 Å². The summed E-state index contributed by atoms with van der Waals surface area (Å²) in [5.74, 6) is 1.32. The van der Waals surface area contributed by atoms with Gasteiger partial charge in [-0.25, -0.2) is 4.98 Å². The van der Waals surface area contributed by atoms with E-state index >= 15 is 0 Å². The molecule has 0 aliphatic carbocycles. The minimum absolute atomic E-state index is 0.623. The Morgan fingerprint density at radius 1 is 1.00 bits per heavy atom. The van der Waals surface area contributed by atoms with Crippen LogP contribution < -0.4 is 25.0 Å². The summed E-state index contributed by atoms with van der Waals surface area (Å²) >= 11 is 0. The number of piperazine rings is 1. The topological polar surface area (TPSA) is 81.7 Å². The number of nitrogens with zero attached hydrogens (tertiary/aromatic N) is 5. The van der Waals surface area contributed by atoms with E-state index in [1.807, 2.05) is 43.7 Å². The fourth-order valence-electron chi connectivity index (χ4n) is 3.73. The molecule has 0 saturated carbocycles. The molecule has 2 aromatic heterocycles. The number of hydrogen-bond donors (Lipinski definition) is 1. The lowest BCUT2D eigenvalue weighted by atomic mass is 10.0. The van der Waals surface area contributed by atoms with Crippen molar-refractivity contribution in [3.8, 4) is 22.8 Å². The van der Waals surface area contributed by atoms with Gasteiger partial charge in [0.05, 0.1) is 26.1 Å². The Hall–Kier alpha value is -3.42. The van der Waals surface area contributed by atoms with Crippen molar-refractivity contribution in [2.24, 2.45) is 7.05 Å². The quantitative estimate of drug-likeness (QED) is 0.666. The van der Waals surface area contributed by atoms with E-state index in [4.69, 9.17) is 15.2 Å². The number of rotatable bonds is 5. The molecule has 1 fully saturated rings. The largest absolute Gasteiger partial charge is 0.495 e. The number of aryl methyl sites for hydroxylation is 1. The molecule has 0 spiro atoms. The molecular weight excluding hydrogens is 368 g/mol. The van der Waals surface area contributed by atoms with Gasteiger partial charge in [0, 0.05) is 80.3 Å². The van der Waals surface area contributed by atoms with Gasteiger partial charge in [0.25, 0.3) is 0 Å². The number of pyridine rings is 1. The van der Waals surface area contributed by atoms with Gasteiger partial charge in [-0.3, -0.25) is 4.68 Å². The monoisotopic (exact) mass is 394 g/mol. The Morgan fingerprint density at radius 2 is 1.76 bits per heavy atom. The maximum atomic E-state index is 6.20. The highest BCUT2D eigenvalue weighted by Gasteiger charge is 2.22. The maximum Gasteiger partial charge on any atom is 0.214 e. The van der Waals surface area contributed by atoms with E-state index < -0.39 is 0 Å². The summed E-state index contributed by atoms with van der Waals surface area (Å²) in [6.07, 6.45) is 5.65. The van der Waals surface area contributed by atoms with Crippen LogP contribution in [0.5, 0.6) is 11.6 Å². The van der Waals surface area contributed by atoms with Gasteiger partial charge in [-0.15, -0.1) is 0 Å². The summed E-state index contributed by atoms with van der Waals surface area (Å²) in [6.45, 7) is 3.55. The van der Waals surface area contributed by atoms with Crippen molar-refractivity contribution in [3.63, 3.8) is 0 Å². The predicted molar refractivity (Wildman–Crippen MR) is 115 cm³/mol.